The summed E-state index contributed by atoms with van der Waals surface area (Å²) in [5.41, 5.74) is 1.46. The lowest BCUT2D eigenvalue weighted by Crippen LogP contribution is -2.19. The predicted octanol–water partition coefficient (Wildman–Crippen LogP) is 4.80. The first-order chi connectivity index (χ1) is 14.3. The van der Waals surface area contributed by atoms with Gasteiger partial charge in [-0.15, -0.1) is 11.8 Å². The van der Waals surface area contributed by atoms with Gasteiger partial charge in [-0.05, 0) is 70.1 Å². The van der Waals surface area contributed by atoms with Gasteiger partial charge in [0, 0.05) is 18.8 Å². The molecule has 2 rings (SSSR count). The maximum absolute atomic E-state index is 11.8. The Hall–Kier alpha value is -1.57. The number of esters is 1. The zero-order valence-electron chi connectivity index (χ0n) is 19.1. The molecule has 2 unspecified atom stereocenters. The number of aliphatic hydroxyl groups is 2. The predicted molar refractivity (Wildman–Crippen MR) is 120 cm³/mol. The number of hydrogen-bond donors (Lipinski definition) is 2. The van der Waals surface area contributed by atoms with Gasteiger partial charge in [0.1, 0.15) is 0 Å². The molecule has 0 amide bonds. The van der Waals surface area contributed by atoms with E-state index in [4.69, 9.17) is 4.74 Å². The van der Waals surface area contributed by atoms with Crippen LogP contribution in [0.2, 0.25) is 0 Å². The molecule has 2 fully saturated rings. The van der Waals surface area contributed by atoms with Gasteiger partial charge in [-0.2, -0.15) is 0 Å². The van der Waals surface area contributed by atoms with E-state index in [-0.39, 0.29) is 30.0 Å². The van der Waals surface area contributed by atoms with E-state index in [0.717, 1.165) is 38.5 Å². The zero-order chi connectivity index (χ0) is 22.1. The summed E-state index contributed by atoms with van der Waals surface area (Å²) in [6.45, 7) is 7.76. The number of ether oxygens (including phenoxy) is 1. The third kappa shape index (κ3) is 7.29. The number of hydrogen-bond acceptors (Lipinski definition) is 4. The van der Waals surface area contributed by atoms with E-state index in [2.05, 4.69) is 17.9 Å². The van der Waals surface area contributed by atoms with Crippen LogP contribution in [0.3, 0.4) is 0 Å². The molecule has 0 bridgehead atoms. The molecule has 4 heteroatoms. The van der Waals surface area contributed by atoms with Crippen molar-refractivity contribution in [3.8, 4) is 11.8 Å². The van der Waals surface area contributed by atoms with Gasteiger partial charge >= 0.3 is 5.97 Å². The van der Waals surface area contributed by atoms with Crippen molar-refractivity contribution in [1.29, 1.82) is 0 Å². The Bertz CT molecular complexity index is 668. The smallest absolute Gasteiger partial charge is 0.306 e. The topological polar surface area (TPSA) is 66.8 Å². The molecule has 0 heterocycles. The first-order valence-corrected chi connectivity index (χ1v) is 11.7. The van der Waals surface area contributed by atoms with Crippen molar-refractivity contribution in [3.05, 3.63) is 23.8 Å². The number of fused-ring (bicyclic) bond motifs is 1. The van der Waals surface area contributed by atoms with E-state index < -0.39 is 6.10 Å². The lowest BCUT2D eigenvalue weighted by atomic mass is 9.89. The molecule has 2 N–H and O–H groups in total. The molecule has 168 valence electrons. The number of carbonyl (C=O) groups excluding carboxylic acids is 1. The van der Waals surface area contributed by atoms with Crippen molar-refractivity contribution in [3.63, 3.8) is 0 Å². The van der Waals surface area contributed by atoms with Crippen LogP contribution in [0.5, 0.6) is 0 Å². The fraction of sp³-hybridized carbons (Fsp3) is 0.731. The first-order valence-electron chi connectivity index (χ1n) is 11.7. The summed E-state index contributed by atoms with van der Waals surface area (Å²) in [5.74, 6) is 6.98. The minimum Gasteiger partial charge on any atom is -0.463 e. The van der Waals surface area contributed by atoms with Crippen LogP contribution in [0.1, 0.15) is 79.1 Å². The Morgan fingerprint density at radius 2 is 2.10 bits per heavy atom. The second kappa shape index (κ2) is 12.3. The Balaban J connectivity index is 1.81. The summed E-state index contributed by atoms with van der Waals surface area (Å²) < 4.78 is 5.32. The summed E-state index contributed by atoms with van der Waals surface area (Å²) in [4.78, 5) is 11.8. The van der Waals surface area contributed by atoms with Gasteiger partial charge in [-0.25, -0.2) is 0 Å². The molecule has 0 spiro atoms. The molecule has 0 aromatic rings. The fourth-order valence-corrected chi connectivity index (χ4v) is 4.67. The Kier molecular flexibility index (Phi) is 10.1. The van der Waals surface area contributed by atoms with Crippen LogP contribution >= 0.6 is 0 Å². The molecule has 0 aliphatic heterocycles. The van der Waals surface area contributed by atoms with Crippen molar-refractivity contribution in [2.75, 3.05) is 0 Å². The highest BCUT2D eigenvalue weighted by molar-refractivity contribution is 5.69. The highest BCUT2D eigenvalue weighted by Gasteiger charge is 2.44. The van der Waals surface area contributed by atoms with Crippen molar-refractivity contribution >= 4 is 5.97 Å². The third-order valence-corrected chi connectivity index (χ3v) is 6.75. The van der Waals surface area contributed by atoms with Gasteiger partial charge < -0.3 is 14.9 Å². The van der Waals surface area contributed by atoms with Crippen molar-refractivity contribution in [1.82, 2.24) is 0 Å². The SMILES string of the molecule is CC#CCC(C)[C@H](O)C=C[C@@H]1[C@H]2CC(=CCCCC(=O)OC(C)CC)C[C@H]2C[C@H]1O. The number of allylic oxidation sites excluding steroid dienone is 2. The maximum Gasteiger partial charge on any atom is 0.306 e. The lowest BCUT2D eigenvalue weighted by molar-refractivity contribution is -0.148. The number of unbranched alkanes of at least 4 members (excludes halogenated alkanes) is 1. The normalized spacial score (nSPS) is 30.0. The van der Waals surface area contributed by atoms with E-state index in [1.165, 1.54) is 5.57 Å². The van der Waals surface area contributed by atoms with Crippen LogP contribution in [0.25, 0.3) is 0 Å². The van der Waals surface area contributed by atoms with Gasteiger partial charge in [0.25, 0.3) is 0 Å². The molecule has 4 nitrogen and oxygen atoms in total. The van der Waals surface area contributed by atoms with E-state index in [1.807, 2.05) is 39.8 Å². The number of rotatable bonds is 10. The second-order valence-corrected chi connectivity index (χ2v) is 9.16. The molecule has 0 radical (unpaired) electrons. The van der Waals surface area contributed by atoms with Gasteiger partial charge in [0.2, 0.25) is 0 Å². The van der Waals surface area contributed by atoms with Gasteiger partial charge in [-0.3, -0.25) is 4.79 Å². The Morgan fingerprint density at radius 1 is 1.33 bits per heavy atom. The fourth-order valence-electron chi connectivity index (χ4n) is 4.67. The largest absolute Gasteiger partial charge is 0.463 e. The van der Waals surface area contributed by atoms with E-state index in [9.17, 15) is 15.0 Å². The lowest BCUT2D eigenvalue weighted by Gasteiger charge is -2.19. The maximum atomic E-state index is 11.8. The van der Waals surface area contributed by atoms with Crippen LogP contribution in [0.4, 0.5) is 0 Å². The Morgan fingerprint density at radius 3 is 2.80 bits per heavy atom. The monoisotopic (exact) mass is 416 g/mol. The molecular weight excluding hydrogens is 376 g/mol. The van der Waals surface area contributed by atoms with Crippen molar-refractivity contribution in [2.24, 2.45) is 23.7 Å². The Labute approximate surface area is 182 Å². The molecule has 2 aliphatic carbocycles. The second-order valence-electron chi connectivity index (χ2n) is 9.16. The van der Waals surface area contributed by atoms with Crippen LogP contribution in [0.15, 0.2) is 23.8 Å². The molecule has 2 aliphatic rings. The van der Waals surface area contributed by atoms with E-state index in [1.54, 1.807) is 0 Å². The average molecular weight is 417 g/mol. The summed E-state index contributed by atoms with van der Waals surface area (Å²) in [6.07, 6.45) is 12.0. The summed E-state index contributed by atoms with van der Waals surface area (Å²) >= 11 is 0. The van der Waals surface area contributed by atoms with Crippen LogP contribution < -0.4 is 0 Å². The highest BCUT2D eigenvalue weighted by atomic mass is 16.5. The molecule has 7 atom stereocenters. The van der Waals surface area contributed by atoms with Crippen LogP contribution in [0, 0.1) is 35.5 Å². The van der Waals surface area contributed by atoms with E-state index >= 15 is 0 Å². The van der Waals surface area contributed by atoms with Crippen LogP contribution in [-0.2, 0) is 9.53 Å². The standard InChI is InChI=1S/C26H40O4/c1-5-7-10-18(3)24(27)14-13-22-23-16-20(15-21(23)17-25(22)28)11-8-9-12-26(29)30-19(4)6-2/h11,13-14,18-19,21-25,27-28H,6,8-10,12,15-17H2,1-4H3/t18?,19?,21-,22+,23-,24+,25+/m0/s1. The summed E-state index contributed by atoms with van der Waals surface area (Å²) in [5, 5.41) is 20.9. The zero-order valence-corrected chi connectivity index (χ0v) is 19.1. The minimum atomic E-state index is -0.524. The molecule has 0 saturated heterocycles. The van der Waals surface area contributed by atoms with Crippen LogP contribution in [-0.4, -0.2) is 34.5 Å². The van der Waals surface area contributed by atoms with Gasteiger partial charge in [-0.1, -0.05) is 37.6 Å². The first kappa shape index (κ1) is 24.7. The summed E-state index contributed by atoms with van der Waals surface area (Å²) in [7, 11) is 0. The summed E-state index contributed by atoms with van der Waals surface area (Å²) in [6, 6.07) is 0. The van der Waals surface area contributed by atoms with Gasteiger partial charge in [0.15, 0.2) is 0 Å². The van der Waals surface area contributed by atoms with Crippen molar-refractivity contribution in [2.45, 2.75) is 97.4 Å². The molecule has 0 aromatic heterocycles. The molecular formula is C26H40O4. The number of carbonyl (C=O) groups is 1. The van der Waals surface area contributed by atoms with E-state index in [0.29, 0.717) is 24.7 Å². The molecule has 0 aromatic carbocycles. The third-order valence-electron chi connectivity index (χ3n) is 6.75. The highest BCUT2D eigenvalue weighted by Crippen LogP contribution is 2.50. The molecule has 30 heavy (non-hydrogen) atoms. The minimum absolute atomic E-state index is 0.00237. The van der Waals surface area contributed by atoms with Crippen molar-refractivity contribution < 1.29 is 19.7 Å². The average Bonchev–Trinajstić information content (AvgIpc) is 3.23. The quantitative estimate of drug-likeness (QED) is 0.232. The van der Waals surface area contributed by atoms with Gasteiger partial charge in [0.05, 0.1) is 18.3 Å². The molecule has 2 saturated carbocycles. The number of aliphatic hydroxyl groups excluding tert-OH is 2.